The van der Waals surface area contributed by atoms with Crippen molar-refractivity contribution < 1.29 is 42.1 Å². The van der Waals surface area contributed by atoms with Gasteiger partial charge < -0.3 is 20.4 Å². The number of aliphatic hydroxyl groups is 2. The van der Waals surface area contributed by atoms with E-state index in [1.807, 2.05) is 36.4 Å². The Kier molecular flexibility index (Phi) is 17.0. The molecule has 228 valence electrons. The Balaban J connectivity index is 0.00000158. The summed E-state index contributed by atoms with van der Waals surface area (Å²) in [5.41, 5.74) is 3.09. The van der Waals surface area contributed by atoms with E-state index >= 15 is 0 Å². The van der Waals surface area contributed by atoms with Crippen LogP contribution in [0.3, 0.4) is 0 Å². The number of phenolic OH excluding ortho intramolecular Hbond substituents is 2. The van der Waals surface area contributed by atoms with Crippen LogP contribution in [0.15, 0.2) is 46.4 Å². The molecule has 3 rings (SSSR count). The molecule has 1 aliphatic rings. The number of nitrogens with zero attached hydrogens (tertiary/aromatic N) is 2. The number of hydrogen-bond donors (Lipinski definition) is 4. The maximum absolute atomic E-state index is 10.7. The smallest absolute Gasteiger partial charge is 0.128 e. The van der Waals surface area contributed by atoms with Gasteiger partial charge in [-0.15, -0.1) is 0 Å². The summed E-state index contributed by atoms with van der Waals surface area (Å²) >= 11 is 0. The first-order valence-electron chi connectivity index (χ1n) is 14.5. The average molecular weight is 603 g/mol. The molecule has 6 nitrogen and oxygen atoms in total. The first kappa shape index (κ1) is 39.0. The van der Waals surface area contributed by atoms with Gasteiger partial charge in [-0.05, 0) is 74.6 Å². The van der Waals surface area contributed by atoms with Crippen molar-refractivity contribution in [2.45, 2.75) is 130 Å². The van der Waals surface area contributed by atoms with E-state index in [-0.39, 0.29) is 56.8 Å². The molecule has 2 atom stereocenters. The average Bonchev–Trinajstić information content (AvgIpc) is 2.81. The van der Waals surface area contributed by atoms with Gasteiger partial charge in [0.25, 0.3) is 0 Å². The van der Waals surface area contributed by atoms with E-state index in [0.29, 0.717) is 11.5 Å². The second kappa shape index (κ2) is 17.9. The molecular formula is C34H54N2O4Ti. The summed E-state index contributed by atoms with van der Waals surface area (Å²) in [5.74, 6) is 0.618. The number of hydrogen-bond acceptors (Lipinski definition) is 6. The minimum Gasteiger partial charge on any atom is -0.507 e. The predicted octanol–water partition coefficient (Wildman–Crippen LogP) is 7.31. The van der Waals surface area contributed by atoms with E-state index in [1.54, 1.807) is 40.1 Å². The van der Waals surface area contributed by atoms with Crippen molar-refractivity contribution in [2.75, 3.05) is 0 Å². The van der Waals surface area contributed by atoms with Crippen molar-refractivity contribution in [1.82, 2.24) is 0 Å². The number of para-hydroxylation sites is 2. The number of rotatable bonds is 4. The van der Waals surface area contributed by atoms with E-state index in [9.17, 15) is 10.2 Å². The third-order valence-electron chi connectivity index (χ3n) is 6.25. The Hall–Kier alpha value is -1.99. The molecule has 0 unspecified atom stereocenters. The summed E-state index contributed by atoms with van der Waals surface area (Å²) in [6.07, 6.45) is 7.50. The van der Waals surface area contributed by atoms with Gasteiger partial charge >= 0.3 is 0 Å². The Morgan fingerprint density at radius 3 is 1.22 bits per heavy atom. The number of phenols is 2. The minimum absolute atomic E-state index is 0. The van der Waals surface area contributed by atoms with Gasteiger partial charge in [-0.1, -0.05) is 78.6 Å². The van der Waals surface area contributed by atoms with Gasteiger partial charge in [0.05, 0.1) is 12.1 Å². The molecule has 0 bridgehead atoms. The first-order valence-corrected chi connectivity index (χ1v) is 14.5. The molecule has 0 radical (unpaired) electrons. The zero-order chi connectivity index (χ0) is 30.7. The van der Waals surface area contributed by atoms with Crippen molar-refractivity contribution in [1.29, 1.82) is 0 Å². The van der Waals surface area contributed by atoms with E-state index in [2.05, 4.69) is 41.5 Å². The molecule has 0 aliphatic heterocycles. The third kappa shape index (κ3) is 14.2. The second-order valence-corrected chi connectivity index (χ2v) is 13.1. The molecule has 0 aromatic heterocycles. The van der Waals surface area contributed by atoms with Crippen molar-refractivity contribution in [3.63, 3.8) is 0 Å². The Labute approximate surface area is 263 Å². The molecule has 1 aliphatic carbocycles. The molecule has 41 heavy (non-hydrogen) atoms. The van der Waals surface area contributed by atoms with Crippen molar-refractivity contribution in [2.24, 2.45) is 9.98 Å². The standard InChI is InChI=1S/C28H38N2O2.2C3H8O.Ti/c1-27(2,3)21-13-9-11-19(25(21)31)17-29-23-15-7-8-16-24(23)30-18-20-12-10-14-22(26(20)32)28(4,5)6;2*1-3(2)4;/h9-14,17-18,23-24,31-32H,7-8,15-16H2,1-6H3;2*3-4H,1-2H3;/t23-,24-;;;/m1.../s1. The Morgan fingerprint density at radius 2 is 0.951 bits per heavy atom. The summed E-state index contributed by atoms with van der Waals surface area (Å²) in [7, 11) is 0. The van der Waals surface area contributed by atoms with Crippen LogP contribution in [0, 0.1) is 0 Å². The van der Waals surface area contributed by atoms with Crippen LogP contribution in [-0.2, 0) is 32.5 Å². The second-order valence-electron chi connectivity index (χ2n) is 13.1. The van der Waals surface area contributed by atoms with E-state index < -0.39 is 0 Å². The van der Waals surface area contributed by atoms with Crippen molar-refractivity contribution >= 4 is 12.4 Å². The van der Waals surface area contributed by atoms with Crippen LogP contribution in [0.4, 0.5) is 0 Å². The number of aliphatic imine (C=N–C) groups is 2. The SMILES string of the molecule is CC(C)(C)c1cccc(C=N[C@@H]2CCCC[C@H]2N=Cc2cccc(C(C)(C)C)c2O)c1O.CC(C)O.CC(C)O.[Ti]. The fraction of sp³-hybridized carbons (Fsp3) is 0.588. The molecule has 0 amide bonds. The molecule has 0 spiro atoms. The van der Waals surface area contributed by atoms with Gasteiger partial charge in [0.2, 0.25) is 0 Å². The molecular weight excluding hydrogens is 548 g/mol. The largest absolute Gasteiger partial charge is 0.507 e. The van der Waals surface area contributed by atoms with E-state index in [4.69, 9.17) is 20.2 Å². The normalized spacial score (nSPS) is 17.6. The van der Waals surface area contributed by atoms with Gasteiger partial charge in [-0.2, -0.15) is 0 Å². The number of aromatic hydroxyl groups is 2. The fourth-order valence-electron chi connectivity index (χ4n) is 4.33. The molecule has 0 saturated heterocycles. The van der Waals surface area contributed by atoms with Crippen molar-refractivity contribution in [3.8, 4) is 11.5 Å². The van der Waals surface area contributed by atoms with Crippen LogP contribution in [0.1, 0.15) is 117 Å². The summed E-state index contributed by atoms with van der Waals surface area (Å²) in [4.78, 5) is 9.70. The summed E-state index contributed by atoms with van der Waals surface area (Å²) in [6.45, 7) is 19.5. The van der Waals surface area contributed by atoms with Crippen LogP contribution in [0.2, 0.25) is 0 Å². The fourth-order valence-corrected chi connectivity index (χ4v) is 4.33. The molecule has 1 saturated carbocycles. The maximum Gasteiger partial charge on any atom is 0.128 e. The van der Waals surface area contributed by atoms with Crippen LogP contribution >= 0.6 is 0 Å². The van der Waals surface area contributed by atoms with E-state index in [1.165, 1.54) is 0 Å². The van der Waals surface area contributed by atoms with Crippen molar-refractivity contribution in [3.05, 3.63) is 58.7 Å². The predicted molar refractivity (Wildman–Crippen MR) is 170 cm³/mol. The summed E-state index contributed by atoms with van der Waals surface area (Å²) in [6, 6.07) is 11.9. The molecule has 1 fully saturated rings. The number of aliphatic hydroxyl groups excluding tert-OH is 2. The van der Waals surface area contributed by atoms with Crippen LogP contribution < -0.4 is 0 Å². The van der Waals surface area contributed by atoms with Gasteiger partial charge in [-0.3, -0.25) is 9.98 Å². The van der Waals surface area contributed by atoms with E-state index in [0.717, 1.165) is 47.9 Å². The zero-order valence-corrected chi connectivity index (χ0v) is 28.5. The topological polar surface area (TPSA) is 106 Å². The van der Waals surface area contributed by atoms with Crippen LogP contribution in [0.5, 0.6) is 11.5 Å². The third-order valence-corrected chi connectivity index (χ3v) is 6.25. The molecule has 4 N–H and O–H groups in total. The Morgan fingerprint density at radius 1 is 0.659 bits per heavy atom. The quantitative estimate of drug-likeness (QED) is 0.218. The first-order chi connectivity index (χ1) is 18.4. The van der Waals surface area contributed by atoms with Crippen LogP contribution in [0.25, 0.3) is 0 Å². The van der Waals surface area contributed by atoms with Gasteiger partial charge in [0, 0.05) is 57.5 Å². The molecule has 0 heterocycles. The molecule has 2 aromatic rings. The summed E-state index contributed by atoms with van der Waals surface area (Å²) < 4.78 is 0. The number of benzene rings is 2. The van der Waals surface area contributed by atoms with Gasteiger partial charge in [0.1, 0.15) is 11.5 Å². The van der Waals surface area contributed by atoms with Gasteiger partial charge in [-0.25, -0.2) is 0 Å². The summed E-state index contributed by atoms with van der Waals surface area (Å²) in [5, 5.41) is 37.6. The Bertz CT molecular complexity index is 1010. The minimum atomic E-state index is -0.167. The molecule has 7 heteroatoms. The van der Waals surface area contributed by atoms with Gasteiger partial charge in [0.15, 0.2) is 0 Å². The molecule has 2 aromatic carbocycles. The maximum atomic E-state index is 10.7. The monoisotopic (exact) mass is 602 g/mol. The van der Waals surface area contributed by atoms with Crippen LogP contribution in [-0.4, -0.2) is 57.1 Å². The zero-order valence-electron chi connectivity index (χ0n) is 26.9.